The van der Waals surface area contributed by atoms with Gasteiger partial charge < -0.3 is 5.32 Å². The number of hydrogen-bond donors (Lipinski definition) is 1. The van der Waals surface area contributed by atoms with E-state index in [2.05, 4.69) is 63.2 Å². The SMILES string of the molecule is CNC(c1ccc(C)cc1)c1cscc1Br. The zero-order chi connectivity index (χ0) is 11.5. The molecule has 1 heterocycles. The van der Waals surface area contributed by atoms with Gasteiger partial charge in [-0.3, -0.25) is 0 Å². The average Bonchev–Trinajstić information content (AvgIpc) is 2.69. The third-order valence-corrected chi connectivity index (χ3v) is 4.40. The summed E-state index contributed by atoms with van der Waals surface area (Å²) in [6, 6.07) is 8.93. The summed E-state index contributed by atoms with van der Waals surface area (Å²) in [6.45, 7) is 2.11. The lowest BCUT2D eigenvalue weighted by Crippen LogP contribution is -2.17. The zero-order valence-corrected chi connectivity index (χ0v) is 11.7. The van der Waals surface area contributed by atoms with Gasteiger partial charge in [0.25, 0.3) is 0 Å². The summed E-state index contributed by atoms with van der Waals surface area (Å²) < 4.78 is 1.18. The normalized spacial score (nSPS) is 12.7. The van der Waals surface area contributed by atoms with Crippen LogP contribution in [-0.2, 0) is 0 Å². The van der Waals surface area contributed by atoms with Crippen LogP contribution >= 0.6 is 27.3 Å². The Labute approximate surface area is 109 Å². The molecular weight excluding hydrogens is 282 g/mol. The minimum absolute atomic E-state index is 0.265. The molecule has 1 aromatic heterocycles. The first-order chi connectivity index (χ1) is 7.72. The molecule has 1 N–H and O–H groups in total. The van der Waals surface area contributed by atoms with Crippen molar-refractivity contribution in [3.63, 3.8) is 0 Å². The Morgan fingerprint density at radius 3 is 2.38 bits per heavy atom. The van der Waals surface area contributed by atoms with E-state index in [1.165, 1.54) is 21.2 Å². The van der Waals surface area contributed by atoms with Crippen LogP contribution in [0, 0.1) is 6.92 Å². The number of nitrogens with one attached hydrogen (secondary N) is 1. The number of hydrogen-bond acceptors (Lipinski definition) is 2. The molecular formula is C13H14BrNS. The minimum Gasteiger partial charge on any atom is -0.309 e. The molecule has 0 radical (unpaired) electrons. The summed E-state index contributed by atoms with van der Waals surface area (Å²) in [5.41, 5.74) is 3.89. The van der Waals surface area contributed by atoms with Crippen LogP contribution in [0.4, 0.5) is 0 Å². The van der Waals surface area contributed by atoms with E-state index in [4.69, 9.17) is 0 Å². The Morgan fingerprint density at radius 1 is 1.19 bits per heavy atom. The second-order valence-corrected chi connectivity index (χ2v) is 5.41. The van der Waals surface area contributed by atoms with Crippen molar-refractivity contribution in [3.05, 3.63) is 56.2 Å². The average molecular weight is 296 g/mol. The highest BCUT2D eigenvalue weighted by atomic mass is 79.9. The topological polar surface area (TPSA) is 12.0 Å². The van der Waals surface area contributed by atoms with Crippen molar-refractivity contribution < 1.29 is 0 Å². The Hall–Kier alpha value is -0.640. The van der Waals surface area contributed by atoms with Crippen molar-refractivity contribution in [2.24, 2.45) is 0 Å². The molecule has 84 valence electrons. The predicted octanol–water partition coefficient (Wildman–Crippen LogP) is 4.13. The van der Waals surface area contributed by atoms with E-state index >= 15 is 0 Å². The molecule has 1 aromatic carbocycles. The quantitative estimate of drug-likeness (QED) is 0.898. The highest BCUT2D eigenvalue weighted by Gasteiger charge is 2.15. The van der Waals surface area contributed by atoms with Crippen LogP contribution in [0.15, 0.2) is 39.5 Å². The highest BCUT2D eigenvalue weighted by Crippen LogP contribution is 2.31. The van der Waals surface area contributed by atoms with E-state index in [-0.39, 0.29) is 6.04 Å². The van der Waals surface area contributed by atoms with E-state index in [0.29, 0.717) is 0 Å². The lowest BCUT2D eigenvalue weighted by Gasteiger charge is -2.16. The van der Waals surface area contributed by atoms with Gasteiger partial charge in [-0.15, -0.1) is 0 Å². The second-order valence-electron chi connectivity index (χ2n) is 3.81. The smallest absolute Gasteiger partial charge is 0.0593 e. The minimum atomic E-state index is 0.265. The van der Waals surface area contributed by atoms with Gasteiger partial charge in [-0.25, -0.2) is 0 Å². The van der Waals surface area contributed by atoms with Gasteiger partial charge in [0.2, 0.25) is 0 Å². The maximum atomic E-state index is 3.59. The molecule has 3 heteroatoms. The van der Waals surface area contributed by atoms with Crippen molar-refractivity contribution >= 4 is 27.3 Å². The molecule has 16 heavy (non-hydrogen) atoms. The van der Waals surface area contributed by atoms with E-state index in [1.807, 2.05) is 7.05 Å². The van der Waals surface area contributed by atoms with Crippen LogP contribution in [0.5, 0.6) is 0 Å². The first-order valence-corrected chi connectivity index (χ1v) is 6.91. The summed E-state index contributed by atoms with van der Waals surface area (Å²) >= 11 is 5.31. The number of aryl methyl sites for hydroxylation is 1. The largest absolute Gasteiger partial charge is 0.309 e. The molecule has 0 saturated carbocycles. The number of halogens is 1. The van der Waals surface area contributed by atoms with Crippen LogP contribution in [0.2, 0.25) is 0 Å². The molecule has 2 rings (SSSR count). The van der Waals surface area contributed by atoms with E-state index in [0.717, 1.165) is 0 Å². The van der Waals surface area contributed by atoms with Crippen molar-refractivity contribution in [2.45, 2.75) is 13.0 Å². The molecule has 0 amide bonds. The molecule has 2 aromatic rings. The lowest BCUT2D eigenvalue weighted by atomic mass is 10.0. The van der Waals surface area contributed by atoms with Gasteiger partial charge in [-0.05, 0) is 46.4 Å². The fourth-order valence-electron chi connectivity index (χ4n) is 1.76. The van der Waals surface area contributed by atoms with E-state index in [9.17, 15) is 0 Å². The van der Waals surface area contributed by atoms with Crippen LogP contribution in [0.25, 0.3) is 0 Å². The first-order valence-electron chi connectivity index (χ1n) is 5.18. The van der Waals surface area contributed by atoms with Crippen LogP contribution in [0.3, 0.4) is 0 Å². The molecule has 0 aliphatic heterocycles. The third kappa shape index (κ3) is 2.37. The van der Waals surface area contributed by atoms with Gasteiger partial charge >= 0.3 is 0 Å². The number of thiophene rings is 1. The van der Waals surface area contributed by atoms with Crippen LogP contribution in [0.1, 0.15) is 22.7 Å². The van der Waals surface area contributed by atoms with Crippen molar-refractivity contribution in [1.82, 2.24) is 5.32 Å². The van der Waals surface area contributed by atoms with Gasteiger partial charge in [0.05, 0.1) is 6.04 Å². The summed E-state index contributed by atoms with van der Waals surface area (Å²) in [5, 5.41) is 7.66. The molecule has 1 unspecified atom stereocenters. The summed E-state index contributed by atoms with van der Waals surface area (Å²) in [5.74, 6) is 0. The summed E-state index contributed by atoms with van der Waals surface area (Å²) in [4.78, 5) is 0. The fourth-order valence-corrected chi connectivity index (χ4v) is 3.31. The Bertz CT molecular complexity index is 461. The molecule has 1 atom stereocenters. The van der Waals surface area contributed by atoms with Crippen molar-refractivity contribution in [3.8, 4) is 0 Å². The third-order valence-electron chi connectivity index (χ3n) is 2.65. The van der Waals surface area contributed by atoms with E-state index < -0.39 is 0 Å². The van der Waals surface area contributed by atoms with Gasteiger partial charge in [-0.1, -0.05) is 29.8 Å². The monoisotopic (exact) mass is 295 g/mol. The molecule has 0 saturated heterocycles. The first kappa shape index (κ1) is 11.8. The number of rotatable bonds is 3. The summed E-state index contributed by atoms with van der Waals surface area (Å²) in [6.07, 6.45) is 0. The Kier molecular flexibility index (Phi) is 3.79. The van der Waals surface area contributed by atoms with Gasteiger partial charge in [0, 0.05) is 9.85 Å². The molecule has 0 fully saturated rings. The van der Waals surface area contributed by atoms with Crippen LogP contribution < -0.4 is 5.32 Å². The van der Waals surface area contributed by atoms with Crippen LogP contribution in [-0.4, -0.2) is 7.05 Å². The molecule has 1 nitrogen and oxygen atoms in total. The Morgan fingerprint density at radius 2 is 1.88 bits per heavy atom. The predicted molar refractivity (Wildman–Crippen MR) is 74.1 cm³/mol. The summed E-state index contributed by atoms with van der Waals surface area (Å²) in [7, 11) is 1.99. The number of benzene rings is 1. The second kappa shape index (κ2) is 5.13. The maximum Gasteiger partial charge on any atom is 0.0593 e. The van der Waals surface area contributed by atoms with Crippen molar-refractivity contribution in [2.75, 3.05) is 7.05 Å². The molecule has 0 aliphatic carbocycles. The highest BCUT2D eigenvalue weighted by molar-refractivity contribution is 9.10. The Balaban J connectivity index is 2.37. The molecule has 0 aliphatic rings. The van der Waals surface area contributed by atoms with Gasteiger partial charge in [0.1, 0.15) is 0 Å². The van der Waals surface area contributed by atoms with Gasteiger partial charge in [-0.2, -0.15) is 11.3 Å². The van der Waals surface area contributed by atoms with Gasteiger partial charge in [0.15, 0.2) is 0 Å². The maximum absolute atomic E-state index is 3.59. The van der Waals surface area contributed by atoms with Crippen molar-refractivity contribution in [1.29, 1.82) is 0 Å². The lowest BCUT2D eigenvalue weighted by molar-refractivity contribution is 0.691. The molecule has 0 spiro atoms. The zero-order valence-electron chi connectivity index (χ0n) is 9.33. The molecule has 0 bridgehead atoms. The fraction of sp³-hybridized carbons (Fsp3) is 0.231. The standard InChI is InChI=1S/C13H14BrNS/c1-9-3-5-10(6-4-9)13(15-2)11-7-16-8-12(11)14/h3-8,13,15H,1-2H3. The van der Waals surface area contributed by atoms with E-state index in [1.54, 1.807) is 11.3 Å².